The number of imidazole rings is 1. The van der Waals surface area contributed by atoms with Gasteiger partial charge in [-0.25, -0.2) is 0 Å². The highest BCUT2D eigenvalue weighted by Crippen LogP contribution is 2.25. The zero-order valence-corrected chi connectivity index (χ0v) is 14.7. The van der Waals surface area contributed by atoms with E-state index in [1.165, 1.54) is 42.1 Å². The van der Waals surface area contributed by atoms with E-state index >= 15 is 0 Å². The molecular weight excluding hydrogens is 385 g/mol. The van der Waals surface area contributed by atoms with Crippen LogP contribution in [-0.2, 0) is 17.8 Å². The highest BCUT2D eigenvalue weighted by atomic mass is 19.4. The Morgan fingerprint density at radius 3 is 2.71 bits per heavy atom. The van der Waals surface area contributed by atoms with Crippen LogP contribution in [0.5, 0.6) is 11.8 Å². The maximum Gasteiger partial charge on any atom is 0.573 e. The number of hydrogen-bond acceptors (Lipinski definition) is 7. The van der Waals surface area contributed by atoms with E-state index in [1.54, 1.807) is 0 Å². The summed E-state index contributed by atoms with van der Waals surface area (Å²) in [5.74, 6) is -0.614. The summed E-state index contributed by atoms with van der Waals surface area (Å²) in [4.78, 5) is 14.1. The van der Waals surface area contributed by atoms with E-state index in [9.17, 15) is 23.3 Å². The van der Waals surface area contributed by atoms with Crippen molar-refractivity contribution in [2.45, 2.75) is 31.6 Å². The van der Waals surface area contributed by atoms with Crippen molar-refractivity contribution in [3.8, 4) is 11.8 Å². The standard InChI is InChI=1S/C16H17F3N4O5/c1-26-9-13-12(7-22-8-14(23(24)25)21-15(22)27-13)20-6-10-2-4-11(5-3-10)28-16(17,18)19/h2-5,8,12-13,20H,6-7,9H2,1H3/t12-,13+/m0/s1. The second-order valence-electron chi connectivity index (χ2n) is 6.08. The van der Waals surface area contributed by atoms with Crippen LogP contribution in [-0.4, -0.2) is 46.7 Å². The molecule has 9 nitrogen and oxygen atoms in total. The number of rotatable bonds is 7. The SMILES string of the molecule is COC[C@H]1Oc2nc([N+](=O)[O-])cn2C[C@@H]1NCc1ccc(OC(F)(F)F)cc1. The number of hydrogen-bond donors (Lipinski definition) is 1. The number of halogens is 3. The van der Waals surface area contributed by atoms with Crippen LogP contribution in [0, 0.1) is 10.1 Å². The van der Waals surface area contributed by atoms with Gasteiger partial charge in [0.1, 0.15) is 18.1 Å². The molecular formula is C16H17F3N4O5. The normalized spacial score (nSPS) is 19.0. The van der Waals surface area contributed by atoms with Crippen molar-refractivity contribution in [1.82, 2.24) is 14.9 Å². The molecule has 0 amide bonds. The smallest absolute Gasteiger partial charge is 0.438 e. The van der Waals surface area contributed by atoms with Crippen LogP contribution >= 0.6 is 0 Å². The third-order valence-electron chi connectivity index (χ3n) is 4.07. The zero-order valence-electron chi connectivity index (χ0n) is 14.7. The number of benzene rings is 1. The van der Waals surface area contributed by atoms with Crippen molar-refractivity contribution < 1.29 is 32.3 Å². The van der Waals surface area contributed by atoms with Crippen LogP contribution in [0.15, 0.2) is 30.5 Å². The molecule has 2 aromatic rings. The minimum absolute atomic E-state index is 0.139. The number of nitrogens with zero attached hydrogens (tertiary/aromatic N) is 3. The Balaban J connectivity index is 1.65. The van der Waals surface area contributed by atoms with Gasteiger partial charge in [-0.2, -0.15) is 0 Å². The molecule has 0 spiro atoms. The lowest BCUT2D eigenvalue weighted by Gasteiger charge is -2.31. The number of methoxy groups -OCH3 is 1. The molecule has 1 N–H and O–H groups in total. The third-order valence-corrected chi connectivity index (χ3v) is 4.07. The van der Waals surface area contributed by atoms with E-state index in [0.717, 1.165) is 5.56 Å². The summed E-state index contributed by atoms with van der Waals surface area (Å²) in [7, 11) is 1.50. The molecule has 0 unspecified atom stereocenters. The van der Waals surface area contributed by atoms with Gasteiger partial charge in [-0.05, 0) is 22.6 Å². The van der Waals surface area contributed by atoms with Crippen molar-refractivity contribution in [3.05, 3.63) is 46.1 Å². The number of ether oxygens (including phenoxy) is 3. The maximum absolute atomic E-state index is 12.2. The lowest BCUT2D eigenvalue weighted by molar-refractivity contribution is -0.389. The fourth-order valence-corrected chi connectivity index (χ4v) is 2.81. The number of alkyl halides is 3. The van der Waals surface area contributed by atoms with Crippen LogP contribution in [0.3, 0.4) is 0 Å². The molecule has 1 aromatic heterocycles. The van der Waals surface area contributed by atoms with E-state index in [0.29, 0.717) is 13.1 Å². The Kier molecular flexibility index (Phi) is 5.70. The monoisotopic (exact) mass is 402 g/mol. The fourth-order valence-electron chi connectivity index (χ4n) is 2.81. The Bertz CT molecular complexity index is 825. The van der Waals surface area contributed by atoms with Gasteiger partial charge < -0.3 is 29.6 Å². The van der Waals surface area contributed by atoms with Gasteiger partial charge in [0, 0.05) is 25.2 Å². The molecule has 1 aliphatic rings. The van der Waals surface area contributed by atoms with E-state index in [-0.39, 0.29) is 30.2 Å². The first-order valence-corrected chi connectivity index (χ1v) is 8.20. The van der Waals surface area contributed by atoms with Crippen LogP contribution in [0.1, 0.15) is 5.56 Å². The van der Waals surface area contributed by atoms with Gasteiger partial charge in [0.15, 0.2) is 0 Å². The average molecular weight is 402 g/mol. The molecule has 3 rings (SSSR count). The Morgan fingerprint density at radius 1 is 1.39 bits per heavy atom. The van der Waals surface area contributed by atoms with Crippen LogP contribution in [0.25, 0.3) is 0 Å². The van der Waals surface area contributed by atoms with Crippen molar-refractivity contribution in [3.63, 3.8) is 0 Å². The highest BCUT2D eigenvalue weighted by molar-refractivity contribution is 5.27. The van der Waals surface area contributed by atoms with Crippen LogP contribution in [0.4, 0.5) is 19.0 Å². The van der Waals surface area contributed by atoms with Crippen LogP contribution < -0.4 is 14.8 Å². The summed E-state index contributed by atoms with van der Waals surface area (Å²) < 4.78 is 52.8. The van der Waals surface area contributed by atoms with Gasteiger partial charge in [0.25, 0.3) is 0 Å². The summed E-state index contributed by atoms with van der Waals surface area (Å²) >= 11 is 0. The Morgan fingerprint density at radius 2 is 2.11 bits per heavy atom. The molecule has 2 atom stereocenters. The van der Waals surface area contributed by atoms with Gasteiger partial charge in [-0.3, -0.25) is 4.57 Å². The van der Waals surface area contributed by atoms with Crippen molar-refractivity contribution in [2.75, 3.05) is 13.7 Å². The minimum atomic E-state index is -4.74. The molecule has 0 saturated carbocycles. The number of nitrogens with one attached hydrogen (secondary N) is 1. The predicted molar refractivity (Wildman–Crippen MR) is 88.9 cm³/mol. The summed E-state index contributed by atoms with van der Waals surface area (Å²) in [6.45, 7) is 0.933. The molecule has 28 heavy (non-hydrogen) atoms. The Hall–Kier alpha value is -2.86. The summed E-state index contributed by atoms with van der Waals surface area (Å²) in [5.41, 5.74) is 0.730. The molecule has 0 fully saturated rings. The van der Waals surface area contributed by atoms with Crippen molar-refractivity contribution in [2.24, 2.45) is 0 Å². The lowest BCUT2D eigenvalue weighted by Crippen LogP contribution is -2.50. The highest BCUT2D eigenvalue weighted by Gasteiger charge is 2.35. The van der Waals surface area contributed by atoms with Gasteiger partial charge in [0.2, 0.25) is 0 Å². The van der Waals surface area contributed by atoms with E-state index in [1.807, 2.05) is 0 Å². The Labute approximate surface area is 157 Å². The first kappa shape index (κ1) is 19.9. The quantitative estimate of drug-likeness (QED) is 0.560. The first-order chi connectivity index (χ1) is 13.2. The molecule has 152 valence electrons. The number of aromatic nitrogens is 2. The number of fused-ring (bicyclic) bond motifs is 1. The minimum Gasteiger partial charge on any atom is -0.438 e. The molecule has 2 heterocycles. The summed E-state index contributed by atoms with van der Waals surface area (Å²) in [6, 6.07) is 5.36. The van der Waals surface area contributed by atoms with Gasteiger partial charge in [-0.15, -0.1) is 13.2 Å². The molecule has 1 aliphatic heterocycles. The van der Waals surface area contributed by atoms with E-state index in [2.05, 4.69) is 15.0 Å². The number of nitro groups is 1. The fraction of sp³-hybridized carbons (Fsp3) is 0.438. The second kappa shape index (κ2) is 8.02. The summed E-state index contributed by atoms with van der Waals surface area (Å²) in [5, 5.41) is 14.1. The van der Waals surface area contributed by atoms with Crippen molar-refractivity contribution in [1.29, 1.82) is 0 Å². The largest absolute Gasteiger partial charge is 0.573 e. The maximum atomic E-state index is 12.2. The summed E-state index contributed by atoms with van der Waals surface area (Å²) in [6.07, 6.45) is -3.89. The average Bonchev–Trinajstić information content (AvgIpc) is 3.03. The molecule has 0 bridgehead atoms. The molecule has 1 aromatic carbocycles. The predicted octanol–water partition coefficient (Wildman–Crippen LogP) is 2.26. The van der Waals surface area contributed by atoms with Crippen molar-refractivity contribution >= 4 is 5.82 Å². The van der Waals surface area contributed by atoms with E-state index in [4.69, 9.17) is 9.47 Å². The van der Waals surface area contributed by atoms with E-state index < -0.39 is 17.4 Å². The molecule has 12 heteroatoms. The first-order valence-electron chi connectivity index (χ1n) is 8.20. The van der Waals surface area contributed by atoms with Gasteiger partial charge in [0.05, 0.1) is 12.6 Å². The van der Waals surface area contributed by atoms with Gasteiger partial charge >= 0.3 is 18.2 Å². The lowest BCUT2D eigenvalue weighted by atomic mass is 10.1. The van der Waals surface area contributed by atoms with Crippen LogP contribution in [0.2, 0.25) is 0 Å². The molecule has 0 aliphatic carbocycles. The molecule has 0 radical (unpaired) electrons. The molecule has 0 saturated heterocycles. The van der Waals surface area contributed by atoms with Gasteiger partial charge in [-0.1, -0.05) is 12.1 Å². The third kappa shape index (κ3) is 4.89. The second-order valence-corrected chi connectivity index (χ2v) is 6.08. The topological polar surface area (TPSA) is 101 Å². The zero-order chi connectivity index (χ0) is 20.3.